The Hall–Kier alpha value is -3.98. The summed E-state index contributed by atoms with van der Waals surface area (Å²) in [6, 6.07) is 15.7. The Balaban J connectivity index is 1.89. The predicted octanol–water partition coefficient (Wildman–Crippen LogP) is 4.46. The van der Waals surface area contributed by atoms with Crippen LogP contribution < -0.4 is 9.47 Å². The maximum atomic E-state index is 11.5. The Morgan fingerprint density at radius 3 is 2.03 bits per heavy atom. The lowest BCUT2D eigenvalue weighted by molar-refractivity contribution is -0.385. The molecule has 0 bridgehead atoms. The number of hydrogen-bond acceptors (Lipinski definition) is 7. The van der Waals surface area contributed by atoms with Crippen molar-refractivity contribution in [3.05, 3.63) is 92.0 Å². The first-order chi connectivity index (χ1) is 14.8. The zero-order valence-corrected chi connectivity index (χ0v) is 16.8. The molecule has 3 rings (SSSR count). The number of para-hydroxylation sites is 1. The van der Waals surface area contributed by atoms with Crippen molar-refractivity contribution >= 4 is 11.4 Å². The van der Waals surface area contributed by atoms with Crippen LogP contribution in [0.1, 0.15) is 17.2 Å². The first-order valence-electron chi connectivity index (χ1n) is 9.26. The number of hydrogen-bond donors (Lipinski definition) is 1. The molecule has 3 aromatic carbocycles. The SMILES string of the molecule is COc1cc(CC(O)c2ccc(-c3ccccc3[N+](=O)[O-])cc2)c([N+](=O)[O-])cc1OC. The highest BCUT2D eigenvalue weighted by Crippen LogP contribution is 2.37. The Morgan fingerprint density at radius 2 is 1.45 bits per heavy atom. The second-order valence-corrected chi connectivity index (χ2v) is 6.71. The molecular weight excluding hydrogens is 404 g/mol. The van der Waals surface area contributed by atoms with Crippen LogP contribution in [0, 0.1) is 20.2 Å². The van der Waals surface area contributed by atoms with Crippen LogP contribution in [-0.4, -0.2) is 29.2 Å². The van der Waals surface area contributed by atoms with E-state index in [1.165, 1.54) is 32.4 Å². The lowest BCUT2D eigenvalue weighted by Crippen LogP contribution is -2.06. The average molecular weight is 424 g/mol. The molecule has 9 nitrogen and oxygen atoms in total. The minimum Gasteiger partial charge on any atom is -0.493 e. The lowest BCUT2D eigenvalue weighted by atomic mass is 9.97. The fourth-order valence-electron chi connectivity index (χ4n) is 3.33. The van der Waals surface area contributed by atoms with E-state index < -0.39 is 16.0 Å². The predicted molar refractivity (Wildman–Crippen MR) is 113 cm³/mol. The lowest BCUT2D eigenvalue weighted by Gasteiger charge is -2.14. The van der Waals surface area contributed by atoms with Crippen LogP contribution in [0.2, 0.25) is 0 Å². The van der Waals surface area contributed by atoms with Gasteiger partial charge < -0.3 is 14.6 Å². The van der Waals surface area contributed by atoms with E-state index in [0.717, 1.165) is 0 Å². The second-order valence-electron chi connectivity index (χ2n) is 6.71. The zero-order valence-electron chi connectivity index (χ0n) is 16.8. The van der Waals surface area contributed by atoms with E-state index in [1.54, 1.807) is 42.5 Å². The Kier molecular flexibility index (Phi) is 6.46. The molecule has 0 aliphatic carbocycles. The first kappa shape index (κ1) is 21.7. The number of nitro groups is 2. The molecule has 0 aromatic heterocycles. The topological polar surface area (TPSA) is 125 Å². The van der Waals surface area contributed by atoms with Crippen molar-refractivity contribution in [2.24, 2.45) is 0 Å². The molecule has 3 aromatic rings. The molecular formula is C22H20N2O7. The number of ether oxygens (including phenoxy) is 2. The van der Waals surface area contributed by atoms with Crippen LogP contribution in [0.5, 0.6) is 11.5 Å². The number of benzene rings is 3. The molecule has 0 saturated carbocycles. The van der Waals surface area contributed by atoms with Gasteiger partial charge in [-0.05, 0) is 23.3 Å². The van der Waals surface area contributed by atoms with Crippen molar-refractivity contribution in [1.29, 1.82) is 0 Å². The molecule has 0 aliphatic rings. The molecule has 1 atom stereocenters. The normalized spacial score (nSPS) is 11.6. The number of methoxy groups -OCH3 is 2. The van der Waals surface area contributed by atoms with Crippen LogP contribution in [0.3, 0.4) is 0 Å². The summed E-state index contributed by atoms with van der Waals surface area (Å²) in [5.74, 6) is 0.545. The van der Waals surface area contributed by atoms with Crippen molar-refractivity contribution < 1.29 is 24.4 Å². The molecule has 0 spiro atoms. The highest BCUT2D eigenvalue weighted by Gasteiger charge is 2.22. The highest BCUT2D eigenvalue weighted by molar-refractivity contribution is 5.73. The van der Waals surface area contributed by atoms with E-state index in [9.17, 15) is 25.3 Å². The largest absolute Gasteiger partial charge is 0.493 e. The summed E-state index contributed by atoms with van der Waals surface area (Å²) in [4.78, 5) is 21.7. The molecule has 0 heterocycles. The third-order valence-corrected chi connectivity index (χ3v) is 4.90. The van der Waals surface area contributed by atoms with Gasteiger partial charge in [-0.1, -0.05) is 36.4 Å². The summed E-state index contributed by atoms with van der Waals surface area (Å²) in [5, 5.41) is 33.4. The number of aliphatic hydroxyl groups excluding tert-OH is 1. The summed E-state index contributed by atoms with van der Waals surface area (Å²) in [6.45, 7) is 0. The molecule has 1 N–H and O–H groups in total. The van der Waals surface area contributed by atoms with E-state index in [4.69, 9.17) is 9.47 Å². The van der Waals surface area contributed by atoms with Gasteiger partial charge in [0.05, 0.1) is 41.8 Å². The van der Waals surface area contributed by atoms with E-state index in [-0.39, 0.29) is 29.1 Å². The third-order valence-electron chi connectivity index (χ3n) is 4.90. The van der Waals surface area contributed by atoms with Crippen LogP contribution >= 0.6 is 0 Å². The van der Waals surface area contributed by atoms with Gasteiger partial charge in [0.2, 0.25) is 0 Å². The van der Waals surface area contributed by atoms with E-state index in [0.29, 0.717) is 22.4 Å². The molecule has 31 heavy (non-hydrogen) atoms. The van der Waals surface area contributed by atoms with Crippen molar-refractivity contribution in [2.75, 3.05) is 14.2 Å². The van der Waals surface area contributed by atoms with Crippen molar-refractivity contribution in [3.8, 4) is 22.6 Å². The minimum atomic E-state index is -1.03. The standard InChI is InChI=1S/C22H20N2O7/c1-30-21-12-16(19(24(28)29)13-22(21)31-2)11-20(25)15-9-7-14(8-10-15)17-5-3-4-6-18(17)23(26)27/h3-10,12-13,20,25H,11H2,1-2H3. The summed E-state index contributed by atoms with van der Waals surface area (Å²) < 4.78 is 10.3. The summed E-state index contributed by atoms with van der Waals surface area (Å²) >= 11 is 0. The van der Waals surface area contributed by atoms with Crippen molar-refractivity contribution in [2.45, 2.75) is 12.5 Å². The van der Waals surface area contributed by atoms with E-state index >= 15 is 0 Å². The van der Waals surface area contributed by atoms with Gasteiger partial charge in [-0.25, -0.2) is 0 Å². The Morgan fingerprint density at radius 1 is 0.871 bits per heavy atom. The van der Waals surface area contributed by atoms with Crippen molar-refractivity contribution in [1.82, 2.24) is 0 Å². The molecule has 0 saturated heterocycles. The third kappa shape index (κ3) is 4.62. The molecule has 0 fully saturated rings. The van der Waals surface area contributed by atoms with Gasteiger partial charge in [0.1, 0.15) is 0 Å². The van der Waals surface area contributed by atoms with Gasteiger partial charge in [0.15, 0.2) is 11.5 Å². The van der Waals surface area contributed by atoms with Gasteiger partial charge >= 0.3 is 0 Å². The summed E-state index contributed by atoms with van der Waals surface area (Å²) in [5.41, 5.74) is 1.69. The van der Waals surface area contributed by atoms with E-state index in [2.05, 4.69) is 0 Å². The van der Waals surface area contributed by atoms with Crippen LogP contribution in [-0.2, 0) is 6.42 Å². The first-order valence-corrected chi connectivity index (χ1v) is 9.26. The minimum absolute atomic E-state index is 0.0169. The van der Waals surface area contributed by atoms with E-state index in [1.807, 2.05) is 0 Å². The van der Waals surface area contributed by atoms with Crippen LogP contribution in [0.4, 0.5) is 11.4 Å². The Labute approximate surface area is 177 Å². The molecule has 0 amide bonds. The fourth-order valence-corrected chi connectivity index (χ4v) is 3.33. The summed E-state index contributed by atoms with van der Waals surface area (Å²) in [7, 11) is 2.81. The molecule has 0 radical (unpaired) electrons. The van der Waals surface area contributed by atoms with Gasteiger partial charge in [-0.3, -0.25) is 20.2 Å². The zero-order chi connectivity index (χ0) is 22.5. The smallest absolute Gasteiger partial charge is 0.277 e. The fraction of sp³-hybridized carbons (Fsp3) is 0.182. The van der Waals surface area contributed by atoms with Crippen molar-refractivity contribution in [3.63, 3.8) is 0 Å². The van der Waals surface area contributed by atoms with Crippen LogP contribution in [0.25, 0.3) is 11.1 Å². The molecule has 160 valence electrons. The monoisotopic (exact) mass is 424 g/mol. The molecule has 0 aliphatic heterocycles. The number of nitrogens with zero attached hydrogens (tertiary/aromatic N) is 2. The quantitative estimate of drug-likeness (QED) is 0.418. The molecule has 1 unspecified atom stereocenters. The number of aliphatic hydroxyl groups is 1. The maximum absolute atomic E-state index is 11.5. The average Bonchev–Trinajstić information content (AvgIpc) is 2.78. The summed E-state index contributed by atoms with van der Waals surface area (Å²) in [6.07, 6.45) is -1.06. The second kappa shape index (κ2) is 9.23. The maximum Gasteiger partial charge on any atom is 0.277 e. The molecule has 9 heteroatoms. The highest BCUT2D eigenvalue weighted by atomic mass is 16.6. The number of rotatable bonds is 8. The van der Waals surface area contributed by atoms with Gasteiger partial charge in [0, 0.05) is 18.1 Å². The van der Waals surface area contributed by atoms with Gasteiger partial charge in [-0.15, -0.1) is 0 Å². The van der Waals surface area contributed by atoms with Crippen LogP contribution in [0.15, 0.2) is 60.7 Å². The van der Waals surface area contributed by atoms with Gasteiger partial charge in [-0.2, -0.15) is 0 Å². The Bertz CT molecular complexity index is 1110. The van der Waals surface area contributed by atoms with Gasteiger partial charge in [0.25, 0.3) is 11.4 Å². The number of nitro benzene ring substituents is 2.